The Balaban J connectivity index is 1.79. The second-order valence-electron chi connectivity index (χ2n) is 8.59. The van der Waals surface area contributed by atoms with Crippen molar-refractivity contribution in [2.24, 2.45) is 11.8 Å². The first-order chi connectivity index (χ1) is 13.2. The minimum atomic E-state index is -0.623. The van der Waals surface area contributed by atoms with Crippen LogP contribution in [0, 0.1) is 11.8 Å². The Bertz CT molecular complexity index is 681. The summed E-state index contributed by atoms with van der Waals surface area (Å²) in [6, 6.07) is 10.4. The molecule has 0 spiro atoms. The van der Waals surface area contributed by atoms with Gasteiger partial charge < -0.3 is 4.74 Å². The van der Waals surface area contributed by atoms with Gasteiger partial charge in [0.15, 0.2) is 0 Å². The van der Waals surface area contributed by atoms with Crippen LogP contribution in [0.15, 0.2) is 48.6 Å². The second-order valence-corrected chi connectivity index (χ2v) is 8.59. The van der Waals surface area contributed by atoms with Crippen molar-refractivity contribution in [2.45, 2.75) is 64.6 Å². The molecule has 0 aliphatic carbocycles. The van der Waals surface area contributed by atoms with E-state index in [9.17, 15) is 4.79 Å². The number of ether oxygens (including phenoxy) is 1. The maximum atomic E-state index is 11.6. The molecule has 1 saturated heterocycles. The van der Waals surface area contributed by atoms with E-state index in [0.29, 0.717) is 18.3 Å². The van der Waals surface area contributed by atoms with Gasteiger partial charge in [0.1, 0.15) is 11.2 Å². The fraction of sp³-hybridized carbons (Fsp3) is 0.542. The van der Waals surface area contributed by atoms with Gasteiger partial charge in [-0.2, -0.15) is 0 Å². The lowest BCUT2D eigenvalue weighted by Crippen LogP contribution is -2.32. The van der Waals surface area contributed by atoms with Crippen LogP contribution in [0.4, 0.5) is 0 Å². The van der Waals surface area contributed by atoms with Gasteiger partial charge in [-0.05, 0) is 44.1 Å². The predicted molar refractivity (Wildman–Crippen MR) is 112 cm³/mol. The zero-order chi connectivity index (χ0) is 20.6. The van der Waals surface area contributed by atoms with Crippen molar-refractivity contribution in [1.82, 2.24) is 0 Å². The maximum absolute atomic E-state index is 11.6. The average molecular weight is 387 g/mol. The molecule has 0 amide bonds. The fourth-order valence-corrected chi connectivity index (χ4v) is 3.82. The summed E-state index contributed by atoms with van der Waals surface area (Å²) in [6.07, 6.45) is 11.6. The molecule has 1 aromatic carbocycles. The van der Waals surface area contributed by atoms with E-state index in [1.165, 1.54) is 12.7 Å². The lowest BCUT2D eigenvalue weighted by molar-refractivity contribution is -0.346. The monoisotopic (exact) mass is 386 g/mol. The molecule has 4 atom stereocenters. The highest BCUT2D eigenvalue weighted by atomic mass is 17.2. The van der Waals surface area contributed by atoms with Gasteiger partial charge in [0, 0.05) is 6.42 Å². The minimum absolute atomic E-state index is 0.203. The number of carbonyl (C=O) groups excluding carboxylic acids is 1. The molecule has 1 aliphatic heterocycles. The zero-order valence-electron chi connectivity index (χ0n) is 17.8. The summed E-state index contributed by atoms with van der Waals surface area (Å²) < 4.78 is 4.76. The number of benzene rings is 1. The Kier molecular flexibility index (Phi) is 8.02. The third-order valence-corrected chi connectivity index (χ3v) is 5.08. The van der Waals surface area contributed by atoms with E-state index in [-0.39, 0.29) is 12.4 Å². The second kappa shape index (κ2) is 10.0. The van der Waals surface area contributed by atoms with Gasteiger partial charge in [0.2, 0.25) is 0 Å². The molecule has 0 aromatic heterocycles. The molecule has 2 rings (SSSR count). The summed E-state index contributed by atoms with van der Waals surface area (Å²) >= 11 is 0. The number of hydrogen-bond acceptors (Lipinski definition) is 4. The quantitative estimate of drug-likeness (QED) is 0.308. The largest absolute Gasteiger partial charge is 0.469 e. The standard InChI is InChI=1S/C24H34O4/c1-19(14-15-21-12-7-6-8-13-21)10-9-11-20(2)16-23(3)18-24(4,28-27-23)17-22(25)26-5/h6-9,11-15,19-20H,10,16-18H2,1-5H3/b11-9+,15-14+/t19-,20-,23-,24-/m0/s1. The normalized spacial score (nSPS) is 27.3. The Labute approximate surface area is 169 Å². The third-order valence-electron chi connectivity index (χ3n) is 5.08. The maximum Gasteiger partial charge on any atom is 0.308 e. The smallest absolute Gasteiger partial charge is 0.308 e. The molecule has 4 nitrogen and oxygen atoms in total. The molecule has 0 N–H and O–H groups in total. The zero-order valence-corrected chi connectivity index (χ0v) is 17.8. The van der Waals surface area contributed by atoms with Crippen LogP contribution in [0.25, 0.3) is 6.08 Å². The van der Waals surface area contributed by atoms with E-state index in [0.717, 1.165) is 12.8 Å². The van der Waals surface area contributed by atoms with Gasteiger partial charge in [-0.15, -0.1) is 0 Å². The van der Waals surface area contributed by atoms with Gasteiger partial charge in [-0.3, -0.25) is 4.79 Å². The number of allylic oxidation sites excluding steroid dienone is 3. The van der Waals surface area contributed by atoms with Crippen LogP contribution in [0.2, 0.25) is 0 Å². The van der Waals surface area contributed by atoms with Gasteiger partial charge in [0.05, 0.1) is 13.5 Å². The van der Waals surface area contributed by atoms with Crippen molar-refractivity contribution >= 4 is 12.0 Å². The van der Waals surface area contributed by atoms with Crippen molar-refractivity contribution in [3.63, 3.8) is 0 Å². The molecule has 0 unspecified atom stereocenters. The Hall–Kier alpha value is -1.91. The molecule has 1 fully saturated rings. The van der Waals surface area contributed by atoms with Crippen molar-refractivity contribution in [2.75, 3.05) is 7.11 Å². The number of hydrogen-bond donors (Lipinski definition) is 0. The van der Waals surface area contributed by atoms with Crippen molar-refractivity contribution in [3.05, 3.63) is 54.1 Å². The first kappa shape index (κ1) is 22.4. The molecule has 0 bridgehead atoms. The Morgan fingerprint density at radius 3 is 2.46 bits per heavy atom. The highest BCUT2D eigenvalue weighted by Gasteiger charge is 2.47. The van der Waals surface area contributed by atoms with E-state index in [1.807, 2.05) is 19.9 Å². The Morgan fingerprint density at radius 1 is 1.11 bits per heavy atom. The van der Waals surface area contributed by atoms with Crippen molar-refractivity contribution in [1.29, 1.82) is 0 Å². The van der Waals surface area contributed by atoms with Crippen LogP contribution in [-0.4, -0.2) is 24.3 Å². The molecule has 0 saturated carbocycles. The highest BCUT2D eigenvalue weighted by molar-refractivity contribution is 5.70. The van der Waals surface area contributed by atoms with E-state index in [4.69, 9.17) is 14.5 Å². The Morgan fingerprint density at radius 2 is 1.79 bits per heavy atom. The first-order valence-corrected chi connectivity index (χ1v) is 10.1. The van der Waals surface area contributed by atoms with Crippen LogP contribution in [0.1, 0.15) is 58.9 Å². The van der Waals surface area contributed by atoms with Gasteiger partial charge in [-0.1, -0.05) is 68.5 Å². The van der Waals surface area contributed by atoms with E-state index >= 15 is 0 Å². The molecule has 154 valence electrons. The van der Waals surface area contributed by atoms with Crippen LogP contribution < -0.4 is 0 Å². The van der Waals surface area contributed by atoms with E-state index in [2.05, 4.69) is 62.4 Å². The molecule has 1 aliphatic rings. The molecular formula is C24H34O4. The average Bonchev–Trinajstić information content (AvgIpc) is 2.94. The molecule has 1 heterocycles. The lowest BCUT2D eigenvalue weighted by Gasteiger charge is -2.24. The summed E-state index contributed by atoms with van der Waals surface area (Å²) in [4.78, 5) is 22.7. The SMILES string of the molecule is COC(=O)C[C@@]1(C)C[C@](C)(C[C@@H](C)/C=C/C[C@H](C)/C=C/c2ccccc2)OO1. The summed E-state index contributed by atoms with van der Waals surface area (Å²) in [5, 5.41) is 0. The van der Waals surface area contributed by atoms with E-state index < -0.39 is 11.2 Å². The number of rotatable bonds is 9. The summed E-state index contributed by atoms with van der Waals surface area (Å²) in [7, 11) is 1.39. The molecule has 4 heteroatoms. The number of esters is 1. The topological polar surface area (TPSA) is 44.8 Å². The lowest BCUT2D eigenvalue weighted by atomic mass is 9.82. The van der Waals surface area contributed by atoms with Gasteiger partial charge in [-0.25, -0.2) is 9.78 Å². The van der Waals surface area contributed by atoms with Crippen molar-refractivity contribution < 1.29 is 19.3 Å². The van der Waals surface area contributed by atoms with Crippen LogP contribution in [-0.2, 0) is 19.3 Å². The van der Waals surface area contributed by atoms with Crippen LogP contribution >= 0.6 is 0 Å². The highest BCUT2D eigenvalue weighted by Crippen LogP contribution is 2.41. The molecular weight excluding hydrogens is 352 g/mol. The van der Waals surface area contributed by atoms with E-state index in [1.54, 1.807) is 0 Å². The summed E-state index contributed by atoms with van der Waals surface area (Å²) in [5.74, 6) is 0.564. The molecule has 1 aromatic rings. The fourth-order valence-electron chi connectivity index (χ4n) is 3.82. The predicted octanol–water partition coefficient (Wildman–Crippen LogP) is 5.74. The number of carbonyl (C=O) groups is 1. The molecule has 28 heavy (non-hydrogen) atoms. The van der Waals surface area contributed by atoms with Crippen LogP contribution in [0.3, 0.4) is 0 Å². The van der Waals surface area contributed by atoms with Crippen molar-refractivity contribution in [3.8, 4) is 0 Å². The van der Waals surface area contributed by atoms with Gasteiger partial charge in [0.25, 0.3) is 0 Å². The molecule has 0 radical (unpaired) electrons. The minimum Gasteiger partial charge on any atom is -0.469 e. The number of methoxy groups -OCH3 is 1. The van der Waals surface area contributed by atoms with Crippen LogP contribution in [0.5, 0.6) is 0 Å². The van der Waals surface area contributed by atoms with Gasteiger partial charge >= 0.3 is 5.97 Å². The summed E-state index contributed by atoms with van der Waals surface area (Å²) in [6.45, 7) is 8.36. The third kappa shape index (κ3) is 7.25. The summed E-state index contributed by atoms with van der Waals surface area (Å²) in [5.41, 5.74) is 0.209. The first-order valence-electron chi connectivity index (χ1n) is 10.1.